The number of thioether (sulfide) groups is 1. The van der Waals surface area contributed by atoms with Crippen molar-refractivity contribution in [2.24, 2.45) is 0 Å². The first-order valence-corrected chi connectivity index (χ1v) is 8.45. The maximum absolute atomic E-state index is 12.3. The highest BCUT2D eigenvalue weighted by molar-refractivity contribution is 7.99. The molecule has 1 amide bonds. The van der Waals surface area contributed by atoms with Gasteiger partial charge in [-0.3, -0.25) is 14.9 Å². The van der Waals surface area contributed by atoms with Crippen LogP contribution in [0.5, 0.6) is 0 Å². The number of halogens is 1. The predicted octanol–water partition coefficient (Wildman–Crippen LogP) is 3.65. The molecule has 7 heteroatoms. The Morgan fingerprint density at radius 3 is 2.62 bits per heavy atom. The van der Waals surface area contributed by atoms with E-state index < -0.39 is 10.8 Å². The van der Waals surface area contributed by atoms with Crippen LogP contribution < -0.4 is 5.32 Å². The lowest BCUT2D eigenvalue weighted by molar-refractivity contribution is -0.385. The third-order valence-corrected chi connectivity index (χ3v) is 5.12. The van der Waals surface area contributed by atoms with Gasteiger partial charge in [-0.15, -0.1) is 0 Å². The zero-order chi connectivity index (χ0) is 15.4. The van der Waals surface area contributed by atoms with Crippen molar-refractivity contribution in [1.82, 2.24) is 5.32 Å². The molecule has 0 aliphatic heterocycles. The lowest BCUT2D eigenvalue weighted by Crippen LogP contribution is -2.38. The fraction of sp³-hybridized carbons (Fsp3) is 0.500. The average molecular weight is 329 g/mol. The molecule has 1 aromatic rings. The Kier molecular flexibility index (Phi) is 5.47. The van der Waals surface area contributed by atoms with Crippen LogP contribution in [0, 0.1) is 10.1 Å². The van der Waals surface area contributed by atoms with E-state index in [1.165, 1.54) is 18.2 Å². The van der Waals surface area contributed by atoms with E-state index in [0.717, 1.165) is 25.7 Å². The van der Waals surface area contributed by atoms with Gasteiger partial charge in [0.05, 0.1) is 4.92 Å². The molecule has 21 heavy (non-hydrogen) atoms. The van der Waals surface area contributed by atoms with Gasteiger partial charge in [-0.1, -0.05) is 11.6 Å². The summed E-state index contributed by atoms with van der Waals surface area (Å²) in [5, 5.41) is 14.9. The minimum Gasteiger partial charge on any atom is -0.349 e. The minimum absolute atomic E-state index is 0.0273. The van der Waals surface area contributed by atoms with Gasteiger partial charge in [0.25, 0.3) is 11.6 Å². The number of benzene rings is 1. The molecule has 5 nitrogen and oxygen atoms in total. The van der Waals surface area contributed by atoms with Crippen molar-refractivity contribution in [3.63, 3.8) is 0 Å². The smallest absolute Gasteiger partial charge is 0.282 e. The molecule has 0 aromatic heterocycles. The van der Waals surface area contributed by atoms with E-state index in [-0.39, 0.29) is 17.3 Å². The van der Waals surface area contributed by atoms with Crippen LogP contribution in [0.3, 0.4) is 0 Å². The highest BCUT2D eigenvalue weighted by atomic mass is 35.5. The molecule has 1 aromatic carbocycles. The van der Waals surface area contributed by atoms with E-state index >= 15 is 0 Å². The molecule has 0 saturated heterocycles. The number of amides is 1. The van der Waals surface area contributed by atoms with Gasteiger partial charge >= 0.3 is 0 Å². The van der Waals surface area contributed by atoms with Crippen molar-refractivity contribution in [3.05, 3.63) is 38.9 Å². The maximum atomic E-state index is 12.3. The Labute approximate surface area is 132 Å². The van der Waals surface area contributed by atoms with E-state index in [1.807, 2.05) is 11.8 Å². The molecular weight excluding hydrogens is 312 g/mol. The highest BCUT2D eigenvalue weighted by Gasteiger charge is 2.25. The lowest BCUT2D eigenvalue weighted by Gasteiger charge is -2.28. The summed E-state index contributed by atoms with van der Waals surface area (Å²) in [6, 6.07) is 4.12. The van der Waals surface area contributed by atoms with Gasteiger partial charge in [-0.25, -0.2) is 0 Å². The molecule has 0 spiro atoms. The lowest BCUT2D eigenvalue weighted by atomic mass is 9.94. The zero-order valence-electron chi connectivity index (χ0n) is 11.7. The Balaban J connectivity index is 2.07. The molecule has 1 aliphatic rings. The number of nitro benzene ring substituents is 1. The molecule has 1 saturated carbocycles. The number of hydrogen-bond acceptors (Lipinski definition) is 4. The predicted molar refractivity (Wildman–Crippen MR) is 85.1 cm³/mol. The van der Waals surface area contributed by atoms with Crippen molar-refractivity contribution in [1.29, 1.82) is 0 Å². The molecule has 2 rings (SSSR count). The van der Waals surface area contributed by atoms with Gasteiger partial charge in [-0.05, 0) is 44.1 Å². The van der Waals surface area contributed by atoms with Gasteiger partial charge in [-0.2, -0.15) is 11.8 Å². The van der Waals surface area contributed by atoms with Crippen LogP contribution in [0.1, 0.15) is 36.0 Å². The van der Waals surface area contributed by atoms with Crippen molar-refractivity contribution in [2.75, 3.05) is 6.26 Å². The first-order valence-electron chi connectivity index (χ1n) is 6.79. The monoisotopic (exact) mass is 328 g/mol. The molecule has 1 N–H and O–H groups in total. The number of hydrogen-bond donors (Lipinski definition) is 1. The van der Waals surface area contributed by atoms with Gasteiger partial charge in [0.1, 0.15) is 5.56 Å². The van der Waals surface area contributed by atoms with Crippen LogP contribution in [0.2, 0.25) is 5.02 Å². The van der Waals surface area contributed by atoms with E-state index in [4.69, 9.17) is 11.6 Å². The summed E-state index contributed by atoms with van der Waals surface area (Å²) in [6.45, 7) is 0. The van der Waals surface area contributed by atoms with E-state index in [9.17, 15) is 14.9 Å². The molecule has 0 bridgehead atoms. The fourth-order valence-electron chi connectivity index (χ4n) is 2.56. The topological polar surface area (TPSA) is 72.2 Å². The Morgan fingerprint density at radius 2 is 2.05 bits per heavy atom. The summed E-state index contributed by atoms with van der Waals surface area (Å²) in [6.07, 6.45) is 6.03. The molecule has 114 valence electrons. The van der Waals surface area contributed by atoms with Crippen molar-refractivity contribution in [2.45, 2.75) is 37.0 Å². The Morgan fingerprint density at radius 1 is 1.38 bits per heavy atom. The number of nitro groups is 1. The number of nitrogens with one attached hydrogen (secondary N) is 1. The molecule has 0 heterocycles. The molecule has 1 aliphatic carbocycles. The quantitative estimate of drug-likeness (QED) is 0.676. The fourth-order valence-corrected chi connectivity index (χ4v) is 3.47. The normalized spacial score (nSPS) is 21.8. The summed E-state index contributed by atoms with van der Waals surface area (Å²) in [7, 11) is 0. The largest absolute Gasteiger partial charge is 0.349 e. The summed E-state index contributed by atoms with van der Waals surface area (Å²) >= 11 is 7.69. The number of carbonyl (C=O) groups is 1. The second-order valence-corrected chi connectivity index (χ2v) is 6.68. The molecule has 0 unspecified atom stereocenters. The standard InChI is InChI=1S/C14H17ClN2O3S/c1-21-11-5-3-10(4-6-11)16-14(18)12-8-9(15)2-7-13(12)17(19)20/h2,7-8,10-11H,3-6H2,1H3,(H,16,18). The van der Waals surface area contributed by atoms with Gasteiger partial charge in [0, 0.05) is 22.4 Å². The summed E-state index contributed by atoms with van der Waals surface area (Å²) < 4.78 is 0. The van der Waals surface area contributed by atoms with Crippen LogP contribution in [-0.4, -0.2) is 28.4 Å². The second-order valence-electron chi connectivity index (χ2n) is 5.10. The summed E-state index contributed by atoms with van der Waals surface area (Å²) in [5.74, 6) is -0.420. The van der Waals surface area contributed by atoms with Gasteiger partial charge < -0.3 is 5.32 Å². The minimum atomic E-state index is -0.560. The second kappa shape index (κ2) is 7.13. The zero-order valence-corrected chi connectivity index (χ0v) is 13.2. The molecule has 1 fully saturated rings. The molecule has 0 radical (unpaired) electrons. The van der Waals surface area contributed by atoms with Crippen LogP contribution in [0.4, 0.5) is 5.69 Å². The van der Waals surface area contributed by atoms with Crippen molar-refractivity contribution >= 4 is 35.0 Å². The third-order valence-electron chi connectivity index (χ3n) is 3.74. The summed E-state index contributed by atoms with van der Waals surface area (Å²) in [4.78, 5) is 22.7. The SMILES string of the molecule is CSC1CCC(NC(=O)c2cc(Cl)ccc2[N+](=O)[O-])CC1. The van der Waals surface area contributed by atoms with E-state index in [0.29, 0.717) is 10.3 Å². The Bertz CT molecular complexity index is 545. The summed E-state index contributed by atoms with van der Waals surface area (Å²) in [5.41, 5.74) is -0.186. The number of carbonyl (C=O) groups excluding carboxylic acids is 1. The highest BCUT2D eigenvalue weighted by Crippen LogP contribution is 2.28. The van der Waals surface area contributed by atoms with Crippen molar-refractivity contribution in [3.8, 4) is 0 Å². The van der Waals surface area contributed by atoms with Crippen molar-refractivity contribution < 1.29 is 9.72 Å². The maximum Gasteiger partial charge on any atom is 0.282 e. The van der Waals surface area contributed by atoms with Crippen LogP contribution in [0.25, 0.3) is 0 Å². The van der Waals surface area contributed by atoms with Gasteiger partial charge in [0.2, 0.25) is 0 Å². The number of rotatable bonds is 4. The van der Waals surface area contributed by atoms with Gasteiger partial charge in [0.15, 0.2) is 0 Å². The average Bonchev–Trinajstić information content (AvgIpc) is 2.47. The molecular formula is C14H17ClN2O3S. The molecule has 0 atom stereocenters. The Hall–Kier alpha value is -1.27. The van der Waals surface area contributed by atoms with Crippen LogP contribution in [-0.2, 0) is 0 Å². The number of nitrogens with zero attached hydrogens (tertiary/aromatic N) is 1. The first kappa shape index (κ1) is 16.1. The first-order chi connectivity index (χ1) is 10.0. The van der Waals surface area contributed by atoms with Crippen LogP contribution >= 0.6 is 23.4 Å². The third kappa shape index (κ3) is 4.11. The van der Waals surface area contributed by atoms with E-state index in [2.05, 4.69) is 11.6 Å². The van der Waals surface area contributed by atoms with E-state index in [1.54, 1.807) is 0 Å². The van der Waals surface area contributed by atoms with Crippen LogP contribution in [0.15, 0.2) is 18.2 Å².